The summed E-state index contributed by atoms with van der Waals surface area (Å²) in [5.74, 6) is 2.36. The zero-order chi connectivity index (χ0) is 14.8. The van der Waals surface area contributed by atoms with E-state index < -0.39 is 0 Å². The van der Waals surface area contributed by atoms with Crippen LogP contribution in [0.3, 0.4) is 0 Å². The van der Waals surface area contributed by atoms with E-state index in [1.165, 1.54) is 0 Å². The molecule has 0 aliphatic heterocycles. The average Bonchev–Trinajstić information content (AvgIpc) is 2.93. The minimum atomic E-state index is -0.295. The van der Waals surface area contributed by atoms with Crippen molar-refractivity contribution in [2.45, 2.75) is 13.0 Å². The SMILES string of the molecule is Cc1ccc(C(CN)Oc2ccc3ccccc3c2Br)o1. The van der Waals surface area contributed by atoms with E-state index in [1.54, 1.807) is 0 Å². The smallest absolute Gasteiger partial charge is 0.168 e. The maximum absolute atomic E-state index is 6.04. The Balaban J connectivity index is 1.95. The molecule has 0 spiro atoms. The van der Waals surface area contributed by atoms with E-state index in [0.29, 0.717) is 6.54 Å². The van der Waals surface area contributed by atoms with Crippen molar-refractivity contribution in [3.63, 3.8) is 0 Å². The van der Waals surface area contributed by atoms with E-state index in [2.05, 4.69) is 28.1 Å². The lowest BCUT2D eigenvalue weighted by Crippen LogP contribution is -2.18. The van der Waals surface area contributed by atoms with Crippen LogP contribution in [0.4, 0.5) is 0 Å². The van der Waals surface area contributed by atoms with E-state index in [4.69, 9.17) is 14.9 Å². The van der Waals surface area contributed by atoms with Crippen LogP contribution in [0.1, 0.15) is 17.6 Å². The van der Waals surface area contributed by atoms with Crippen LogP contribution in [0, 0.1) is 6.92 Å². The molecule has 0 bridgehead atoms. The van der Waals surface area contributed by atoms with E-state index >= 15 is 0 Å². The maximum Gasteiger partial charge on any atom is 0.168 e. The van der Waals surface area contributed by atoms with Gasteiger partial charge in [0.2, 0.25) is 0 Å². The molecule has 21 heavy (non-hydrogen) atoms. The lowest BCUT2D eigenvalue weighted by Gasteiger charge is -2.17. The van der Waals surface area contributed by atoms with Gasteiger partial charge < -0.3 is 14.9 Å². The highest BCUT2D eigenvalue weighted by Crippen LogP contribution is 2.35. The Hall–Kier alpha value is -1.78. The molecule has 0 fully saturated rings. The van der Waals surface area contributed by atoms with Gasteiger partial charge in [0.05, 0.1) is 4.47 Å². The van der Waals surface area contributed by atoms with Crippen molar-refractivity contribution in [2.75, 3.05) is 6.54 Å². The van der Waals surface area contributed by atoms with Crippen LogP contribution in [0.2, 0.25) is 0 Å². The van der Waals surface area contributed by atoms with Crippen LogP contribution in [-0.4, -0.2) is 6.54 Å². The summed E-state index contributed by atoms with van der Waals surface area (Å²) < 4.78 is 12.6. The Bertz CT molecular complexity index is 766. The van der Waals surface area contributed by atoms with E-state index in [-0.39, 0.29) is 6.10 Å². The molecule has 108 valence electrons. The number of nitrogens with two attached hydrogens (primary N) is 1. The topological polar surface area (TPSA) is 48.4 Å². The summed E-state index contributed by atoms with van der Waals surface area (Å²) in [5, 5.41) is 2.27. The van der Waals surface area contributed by atoms with Crippen molar-refractivity contribution in [1.29, 1.82) is 0 Å². The van der Waals surface area contributed by atoms with Gasteiger partial charge in [-0.1, -0.05) is 30.3 Å². The molecule has 0 aliphatic rings. The Labute approximate surface area is 131 Å². The summed E-state index contributed by atoms with van der Waals surface area (Å²) in [6, 6.07) is 16.0. The van der Waals surface area contributed by atoms with Crippen LogP contribution in [0.25, 0.3) is 10.8 Å². The average molecular weight is 346 g/mol. The van der Waals surface area contributed by atoms with Crippen molar-refractivity contribution in [3.8, 4) is 5.75 Å². The number of hydrogen-bond donors (Lipinski definition) is 1. The Morgan fingerprint density at radius 3 is 2.67 bits per heavy atom. The highest BCUT2D eigenvalue weighted by atomic mass is 79.9. The fourth-order valence-corrected chi connectivity index (χ4v) is 2.89. The standard InChI is InChI=1S/C17H16BrNO2/c1-11-6-8-14(20-11)16(10-19)21-15-9-7-12-4-2-3-5-13(12)17(15)18/h2-9,16H,10,19H2,1H3. The third-order valence-electron chi connectivity index (χ3n) is 3.39. The molecule has 3 nitrogen and oxygen atoms in total. The highest BCUT2D eigenvalue weighted by Gasteiger charge is 2.17. The molecule has 1 unspecified atom stereocenters. The second-order valence-corrected chi connectivity index (χ2v) is 5.68. The van der Waals surface area contributed by atoms with Crippen molar-refractivity contribution in [2.24, 2.45) is 5.73 Å². The van der Waals surface area contributed by atoms with E-state index in [0.717, 1.165) is 32.5 Å². The fraction of sp³-hybridized carbons (Fsp3) is 0.176. The highest BCUT2D eigenvalue weighted by molar-refractivity contribution is 9.10. The number of hydrogen-bond acceptors (Lipinski definition) is 3. The second-order valence-electron chi connectivity index (χ2n) is 4.89. The summed E-state index contributed by atoms with van der Waals surface area (Å²) in [7, 11) is 0. The van der Waals surface area contributed by atoms with Crippen LogP contribution in [0.15, 0.2) is 57.4 Å². The van der Waals surface area contributed by atoms with Gasteiger partial charge >= 0.3 is 0 Å². The normalized spacial score (nSPS) is 12.5. The molecule has 1 aromatic heterocycles. The first-order chi connectivity index (χ1) is 10.2. The zero-order valence-corrected chi connectivity index (χ0v) is 13.3. The number of benzene rings is 2. The molecule has 0 saturated heterocycles. The Kier molecular flexibility index (Phi) is 3.99. The quantitative estimate of drug-likeness (QED) is 0.752. The zero-order valence-electron chi connectivity index (χ0n) is 11.7. The Morgan fingerprint density at radius 1 is 1.14 bits per heavy atom. The van der Waals surface area contributed by atoms with Crippen LogP contribution in [-0.2, 0) is 0 Å². The minimum Gasteiger partial charge on any atom is -0.480 e. The summed E-state index contributed by atoms with van der Waals surface area (Å²) >= 11 is 3.62. The minimum absolute atomic E-state index is 0.295. The van der Waals surface area contributed by atoms with Gasteiger partial charge in [0.1, 0.15) is 17.3 Å². The molecule has 0 radical (unpaired) electrons. The van der Waals surface area contributed by atoms with Crippen LogP contribution >= 0.6 is 15.9 Å². The predicted octanol–water partition coefficient (Wildman–Crippen LogP) is 4.58. The lowest BCUT2D eigenvalue weighted by molar-refractivity contribution is 0.181. The van der Waals surface area contributed by atoms with Gasteiger partial charge in [-0.15, -0.1) is 0 Å². The first-order valence-electron chi connectivity index (χ1n) is 6.79. The molecule has 1 atom stereocenters. The van der Waals surface area contributed by atoms with Gasteiger partial charge in [-0.25, -0.2) is 0 Å². The van der Waals surface area contributed by atoms with Crippen LogP contribution in [0.5, 0.6) is 5.75 Å². The first kappa shape index (κ1) is 14.2. The molecule has 3 rings (SSSR count). The predicted molar refractivity (Wildman–Crippen MR) is 87.5 cm³/mol. The third-order valence-corrected chi connectivity index (χ3v) is 4.21. The first-order valence-corrected chi connectivity index (χ1v) is 7.58. The summed E-state index contributed by atoms with van der Waals surface area (Å²) in [6.07, 6.45) is -0.295. The molecule has 1 heterocycles. The second kappa shape index (κ2) is 5.92. The van der Waals surface area contributed by atoms with E-state index in [1.807, 2.05) is 43.3 Å². The van der Waals surface area contributed by atoms with E-state index in [9.17, 15) is 0 Å². The molecule has 0 amide bonds. The summed E-state index contributed by atoms with van der Waals surface area (Å²) in [6.45, 7) is 2.26. The van der Waals surface area contributed by atoms with Gasteiger partial charge in [0, 0.05) is 6.54 Å². The van der Waals surface area contributed by atoms with Gasteiger partial charge in [-0.05, 0) is 51.8 Å². The molecule has 0 aliphatic carbocycles. The largest absolute Gasteiger partial charge is 0.480 e. The fourth-order valence-electron chi connectivity index (χ4n) is 2.31. The molecule has 2 N–H and O–H groups in total. The van der Waals surface area contributed by atoms with Gasteiger partial charge in [-0.3, -0.25) is 0 Å². The number of furan rings is 1. The monoisotopic (exact) mass is 345 g/mol. The number of aryl methyl sites for hydroxylation is 1. The van der Waals surface area contributed by atoms with Crippen molar-refractivity contribution in [3.05, 3.63) is 64.5 Å². The van der Waals surface area contributed by atoms with Crippen molar-refractivity contribution >= 4 is 26.7 Å². The number of ether oxygens (including phenoxy) is 1. The molecule has 2 aromatic carbocycles. The molecule has 0 saturated carbocycles. The third kappa shape index (κ3) is 2.82. The van der Waals surface area contributed by atoms with Crippen molar-refractivity contribution < 1.29 is 9.15 Å². The summed E-state index contributed by atoms with van der Waals surface area (Å²) in [5.41, 5.74) is 5.82. The number of fused-ring (bicyclic) bond motifs is 1. The van der Waals surface area contributed by atoms with Crippen molar-refractivity contribution in [1.82, 2.24) is 0 Å². The van der Waals surface area contributed by atoms with Crippen LogP contribution < -0.4 is 10.5 Å². The molecular weight excluding hydrogens is 330 g/mol. The lowest BCUT2D eigenvalue weighted by atomic mass is 10.1. The molecular formula is C17H16BrNO2. The van der Waals surface area contributed by atoms with Gasteiger partial charge in [0.25, 0.3) is 0 Å². The van der Waals surface area contributed by atoms with Gasteiger partial charge in [-0.2, -0.15) is 0 Å². The Morgan fingerprint density at radius 2 is 1.95 bits per heavy atom. The maximum atomic E-state index is 6.04. The summed E-state index contributed by atoms with van der Waals surface area (Å²) in [4.78, 5) is 0. The van der Waals surface area contributed by atoms with Gasteiger partial charge in [0.15, 0.2) is 6.10 Å². The number of halogens is 1. The number of rotatable bonds is 4. The molecule has 4 heteroatoms. The molecule has 3 aromatic rings.